The number of nitrogens with zero attached hydrogens (tertiary/aromatic N) is 4. The van der Waals surface area contributed by atoms with Crippen LogP contribution in [0.1, 0.15) is 59.4 Å². The fourth-order valence-electron chi connectivity index (χ4n) is 3.00. The van der Waals surface area contributed by atoms with E-state index in [1.807, 2.05) is 32.7 Å². The van der Waals surface area contributed by atoms with Crippen molar-refractivity contribution in [3.05, 3.63) is 5.01 Å². The Morgan fingerprint density at radius 1 is 1.17 bits per heavy atom. The van der Waals surface area contributed by atoms with Gasteiger partial charge in [-0.1, -0.05) is 52.9 Å². The summed E-state index contributed by atoms with van der Waals surface area (Å²) in [7, 11) is 1.93. The van der Waals surface area contributed by atoms with E-state index in [0.717, 1.165) is 42.6 Å². The number of carbonyl (C=O) groups excluding carboxylic acids is 1. The van der Waals surface area contributed by atoms with Crippen molar-refractivity contribution in [2.24, 2.45) is 11.3 Å². The average molecular weight is 353 g/mol. The van der Waals surface area contributed by atoms with Crippen molar-refractivity contribution in [1.82, 2.24) is 15.1 Å². The van der Waals surface area contributed by atoms with Crippen LogP contribution < -0.4 is 4.90 Å². The van der Waals surface area contributed by atoms with Gasteiger partial charge in [0.25, 0.3) is 0 Å². The van der Waals surface area contributed by atoms with Crippen LogP contribution in [0.15, 0.2) is 0 Å². The molecule has 1 aliphatic rings. The van der Waals surface area contributed by atoms with Gasteiger partial charge in [-0.15, -0.1) is 10.2 Å². The maximum atomic E-state index is 12.3. The van der Waals surface area contributed by atoms with Crippen LogP contribution in [0.2, 0.25) is 0 Å². The van der Waals surface area contributed by atoms with E-state index in [2.05, 4.69) is 35.9 Å². The van der Waals surface area contributed by atoms with Gasteiger partial charge in [-0.2, -0.15) is 0 Å². The van der Waals surface area contributed by atoms with Crippen LogP contribution in [0.4, 0.5) is 5.13 Å². The lowest BCUT2D eigenvalue weighted by atomic mass is 9.92. The zero-order chi connectivity index (χ0) is 18.1. The largest absolute Gasteiger partial charge is 0.347 e. The van der Waals surface area contributed by atoms with Crippen LogP contribution in [0, 0.1) is 11.3 Å². The molecule has 24 heavy (non-hydrogen) atoms. The smallest absolute Gasteiger partial charge is 0.227 e. The Hall–Kier alpha value is -1.17. The zero-order valence-electron chi connectivity index (χ0n) is 16.2. The summed E-state index contributed by atoms with van der Waals surface area (Å²) in [5.74, 6) is 0.802. The average Bonchev–Trinajstić information content (AvgIpc) is 2.96. The standard InChI is InChI=1S/C18H32N4OS/c1-17(2,3)14-19-20-16(24-14)22-10-8-13(9-11-22)12-21(7)15(23)18(4,5)6/h13H,8-12H2,1-7H3. The van der Waals surface area contributed by atoms with Gasteiger partial charge >= 0.3 is 0 Å². The molecule has 6 heteroatoms. The van der Waals surface area contributed by atoms with Crippen molar-refractivity contribution >= 4 is 22.4 Å². The summed E-state index contributed by atoms with van der Waals surface area (Å²) >= 11 is 1.71. The Labute approximate surface area is 150 Å². The highest BCUT2D eigenvalue weighted by Gasteiger charge is 2.29. The molecule has 2 rings (SSSR count). The first-order valence-corrected chi connectivity index (χ1v) is 9.64. The lowest BCUT2D eigenvalue weighted by molar-refractivity contribution is -0.138. The van der Waals surface area contributed by atoms with Gasteiger partial charge in [0.05, 0.1) is 0 Å². The number of hydrogen-bond donors (Lipinski definition) is 0. The molecule has 0 spiro atoms. The molecule has 1 fully saturated rings. The Morgan fingerprint density at radius 3 is 2.21 bits per heavy atom. The number of hydrogen-bond acceptors (Lipinski definition) is 5. The number of piperidine rings is 1. The summed E-state index contributed by atoms with van der Waals surface area (Å²) in [6, 6.07) is 0. The van der Waals surface area contributed by atoms with Gasteiger partial charge in [0.1, 0.15) is 5.01 Å². The maximum absolute atomic E-state index is 12.3. The third kappa shape index (κ3) is 4.68. The fourth-order valence-corrected chi connectivity index (χ4v) is 3.95. The second kappa shape index (κ2) is 6.98. The molecule has 136 valence electrons. The molecular formula is C18H32N4OS. The molecular weight excluding hydrogens is 320 g/mol. The molecule has 0 saturated carbocycles. The predicted molar refractivity (Wildman–Crippen MR) is 101 cm³/mol. The summed E-state index contributed by atoms with van der Waals surface area (Å²) in [4.78, 5) is 16.6. The highest BCUT2D eigenvalue weighted by Crippen LogP contribution is 2.32. The molecule has 5 nitrogen and oxygen atoms in total. The molecule has 1 aromatic heterocycles. The topological polar surface area (TPSA) is 49.3 Å². The highest BCUT2D eigenvalue weighted by molar-refractivity contribution is 7.15. The molecule has 0 aromatic carbocycles. The van der Waals surface area contributed by atoms with Gasteiger partial charge in [-0.25, -0.2) is 0 Å². The maximum Gasteiger partial charge on any atom is 0.227 e. The summed E-state index contributed by atoms with van der Waals surface area (Å²) in [6.45, 7) is 15.3. The summed E-state index contributed by atoms with van der Waals surface area (Å²) in [5, 5.41) is 10.9. The lowest BCUT2D eigenvalue weighted by Gasteiger charge is -2.35. The molecule has 1 saturated heterocycles. The minimum atomic E-state index is -0.300. The van der Waals surface area contributed by atoms with Gasteiger partial charge < -0.3 is 9.80 Å². The molecule has 0 bridgehead atoms. The molecule has 1 amide bonds. The van der Waals surface area contributed by atoms with Crippen molar-refractivity contribution < 1.29 is 4.79 Å². The van der Waals surface area contributed by atoms with Crippen molar-refractivity contribution in [1.29, 1.82) is 0 Å². The van der Waals surface area contributed by atoms with Crippen molar-refractivity contribution in [3.8, 4) is 0 Å². The van der Waals surface area contributed by atoms with Gasteiger partial charge in [0.15, 0.2) is 0 Å². The van der Waals surface area contributed by atoms with Gasteiger partial charge in [0.2, 0.25) is 11.0 Å². The quantitative estimate of drug-likeness (QED) is 0.834. The molecule has 1 aromatic rings. The van der Waals surface area contributed by atoms with E-state index in [4.69, 9.17) is 0 Å². The van der Waals surface area contributed by atoms with E-state index >= 15 is 0 Å². The van der Waals surface area contributed by atoms with E-state index in [9.17, 15) is 4.79 Å². The third-order valence-corrected chi connectivity index (χ3v) is 5.87. The Morgan fingerprint density at radius 2 is 1.75 bits per heavy atom. The van der Waals surface area contributed by atoms with E-state index in [-0.39, 0.29) is 16.7 Å². The number of rotatable bonds is 3. The lowest BCUT2D eigenvalue weighted by Crippen LogP contribution is -2.42. The first-order valence-electron chi connectivity index (χ1n) is 8.83. The fraction of sp³-hybridized carbons (Fsp3) is 0.833. The minimum absolute atomic E-state index is 0.0598. The van der Waals surface area contributed by atoms with E-state index in [1.54, 1.807) is 11.3 Å². The van der Waals surface area contributed by atoms with Crippen molar-refractivity contribution in [3.63, 3.8) is 0 Å². The molecule has 0 radical (unpaired) electrons. The zero-order valence-corrected chi connectivity index (χ0v) is 17.0. The number of aromatic nitrogens is 2. The van der Waals surface area contributed by atoms with Gasteiger partial charge in [-0.05, 0) is 18.8 Å². The SMILES string of the molecule is CN(CC1CCN(c2nnc(C(C)(C)C)s2)CC1)C(=O)C(C)(C)C. The van der Waals surface area contributed by atoms with Crippen LogP contribution in [0.5, 0.6) is 0 Å². The normalized spacial score (nSPS) is 17.2. The molecule has 0 aliphatic carbocycles. The molecule has 2 heterocycles. The number of amides is 1. The highest BCUT2D eigenvalue weighted by atomic mass is 32.1. The van der Waals surface area contributed by atoms with Crippen LogP contribution >= 0.6 is 11.3 Å². The van der Waals surface area contributed by atoms with Crippen LogP contribution in [0.25, 0.3) is 0 Å². The minimum Gasteiger partial charge on any atom is -0.347 e. The summed E-state index contributed by atoms with van der Waals surface area (Å²) in [5.41, 5.74) is -0.240. The number of carbonyl (C=O) groups is 1. The summed E-state index contributed by atoms with van der Waals surface area (Å²) < 4.78 is 0. The predicted octanol–water partition coefficient (Wildman–Crippen LogP) is 3.56. The molecule has 1 aliphatic heterocycles. The monoisotopic (exact) mass is 352 g/mol. The van der Waals surface area contributed by atoms with Crippen LogP contribution in [0.3, 0.4) is 0 Å². The molecule has 0 atom stereocenters. The van der Waals surface area contributed by atoms with Crippen LogP contribution in [-0.4, -0.2) is 47.7 Å². The second-order valence-electron chi connectivity index (χ2n) is 9.01. The van der Waals surface area contributed by atoms with Crippen LogP contribution in [-0.2, 0) is 10.2 Å². The van der Waals surface area contributed by atoms with Gasteiger partial charge in [0, 0.05) is 37.5 Å². The van der Waals surface area contributed by atoms with E-state index in [0.29, 0.717) is 5.92 Å². The van der Waals surface area contributed by atoms with Crippen molar-refractivity contribution in [2.45, 2.75) is 59.8 Å². The first kappa shape index (κ1) is 19.2. The summed E-state index contributed by atoms with van der Waals surface area (Å²) in [6.07, 6.45) is 2.21. The second-order valence-corrected chi connectivity index (χ2v) is 9.96. The molecule has 0 N–H and O–H groups in total. The van der Waals surface area contributed by atoms with E-state index in [1.165, 1.54) is 0 Å². The Kier molecular flexibility index (Phi) is 5.57. The first-order chi connectivity index (χ1) is 11.0. The van der Waals surface area contributed by atoms with Crippen molar-refractivity contribution in [2.75, 3.05) is 31.6 Å². The third-order valence-electron chi connectivity index (χ3n) is 4.46. The van der Waals surface area contributed by atoms with E-state index < -0.39 is 0 Å². The molecule has 0 unspecified atom stereocenters. The Balaban J connectivity index is 1.88. The number of anilines is 1. The van der Waals surface area contributed by atoms with Gasteiger partial charge in [-0.3, -0.25) is 4.79 Å². The Bertz CT molecular complexity index is 562.